The third-order valence-electron chi connectivity index (χ3n) is 4.88. The molecule has 4 rings (SSSR count). The maximum absolute atomic E-state index is 12.6. The second kappa shape index (κ2) is 6.96. The number of aromatic nitrogens is 4. The highest BCUT2D eigenvalue weighted by Gasteiger charge is 2.21. The molecule has 11 heteroatoms. The molecule has 10 nitrogen and oxygen atoms in total. The minimum atomic E-state index is -0.570. The van der Waals surface area contributed by atoms with Crippen molar-refractivity contribution in [2.45, 2.75) is 19.5 Å². The second-order valence-corrected chi connectivity index (χ2v) is 7.08. The Morgan fingerprint density at radius 3 is 2.72 bits per heavy atom. The van der Waals surface area contributed by atoms with Crippen LogP contribution in [0.4, 0.5) is 0 Å². The molecule has 29 heavy (non-hydrogen) atoms. The van der Waals surface area contributed by atoms with Crippen LogP contribution in [0.3, 0.4) is 0 Å². The van der Waals surface area contributed by atoms with Crippen molar-refractivity contribution >= 4 is 28.7 Å². The summed E-state index contributed by atoms with van der Waals surface area (Å²) in [5.41, 5.74) is -0.0449. The predicted molar refractivity (Wildman–Crippen MR) is 104 cm³/mol. The zero-order valence-electron chi connectivity index (χ0n) is 15.9. The number of benzene rings is 1. The first-order valence-corrected chi connectivity index (χ1v) is 9.16. The Balaban J connectivity index is 1.60. The topological polar surface area (TPSA) is 109 Å². The average Bonchev–Trinajstić information content (AvgIpc) is 3.29. The van der Waals surface area contributed by atoms with E-state index < -0.39 is 11.2 Å². The first-order valence-electron chi connectivity index (χ1n) is 8.78. The van der Waals surface area contributed by atoms with Crippen LogP contribution in [-0.4, -0.2) is 31.4 Å². The van der Waals surface area contributed by atoms with Gasteiger partial charge < -0.3 is 14.8 Å². The molecule has 0 radical (unpaired) electrons. The quantitative estimate of drug-likeness (QED) is 0.623. The maximum Gasteiger partial charge on any atom is 0.332 e. The summed E-state index contributed by atoms with van der Waals surface area (Å²) in [4.78, 5) is 41.3. The summed E-state index contributed by atoms with van der Waals surface area (Å²) in [6.45, 7) is 1.77. The highest BCUT2D eigenvalue weighted by molar-refractivity contribution is 6.29. The predicted octanol–water partition coefficient (Wildman–Crippen LogP) is 0.693. The van der Waals surface area contributed by atoms with E-state index in [1.54, 1.807) is 12.1 Å². The largest absolute Gasteiger partial charge is 0.454 e. The first kappa shape index (κ1) is 19.1. The Labute approximate surface area is 169 Å². The lowest BCUT2D eigenvalue weighted by atomic mass is 10.1. The molecule has 1 unspecified atom stereocenters. The van der Waals surface area contributed by atoms with Crippen LogP contribution in [0.25, 0.3) is 11.2 Å². The third-order valence-corrected chi connectivity index (χ3v) is 5.17. The van der Waals surface area contributed by atoms with E-state index in [1.807, 2.05) is 13.0 Å². The third kappa shape index (κ3) is 3.15. The number of carbonyl (C=O) groups excluding carboxylic acids is 1. The Morgan fingerprint density at radius 2 is 1.97 bits per heavy atom. The van der Waals surface area contributed by atoms with Crippen molar-refractivity contribution < 1.29 is 14.3 Å². The van der Waals surface area contributed by atoms with Crippen molar-refractivity contribution in [2.24, 2.45) is 14.1 Å². The molecule has 0 saturated carbocycles. The first-order chi connectivity index (χ1) is 13.8. The minimum Gasteiger partial charge on any atom is -0.454 e. The van der Waals surface area contributed by atoms with Gasteiger partial charge in [0.25, 0.3) is 5.56 Å². The van der Waals surface area contributed by atoms with Gasteiger partial charge in [0, 0.05) is 14.1 Å². The number of halogens is 1. The zero-order chi connectivity index (χ0) is 20.9. The number of amides is 1. The highest BCUT2D eigenvalue weighted by Crippen LogP contribution is 2.34. The molecule has 1 aromatic carbocycles. The lowest BCUT2D eigenvalue weighted by molar-refractivity contribution is -0.122. The normalized spacial score (nSPS) is 13.7. The van der Waals surface area contributed by atoms with Crippen molar-refractivity contribution in [2.75, 3.05) is 6.79 Å². The van der Waals surface area contributed by atoms with Gasteiger partial charge in [0.05, 0.1) is 6.04 Å². The van der Waals surface area contributed by atoms with E-state index in [-0.39, 0.29) is 41.7 Å². The molecule has 1 amide bonds. The van der Waals surface area contributed by atoms with Crippen LogP contribution in [0, 0.1) is 0 Å². The Hall–Kier alpha value is -3.27. The molecule has 1 N–H and O–H groups in total. The number of imidazole rings is 1. The summed E-state index contributed by atoms with van der Waals surface area (Å²) < 4.78 is 14.1. The van der Waals surface area contributed by atoms with Gasteiger partial charge in [-0.25, -0.2) is 4.79 Å². The number of carbonyl (C=O) groups is 1. The summed E-state index contributed by atoms with van der Waals surface area (Å²) in [6, 6.07) is 5.10. The molecule has 3 aromatic rings. The van der Waals surface area contributed by atoms with Crippen molar-refractivity contribution in [1.29, 1.82) is 0 Å². The van der Waals surface area contributed by atoms with Crippen molar-refractivity contribution in [1.82, 2.24) is 24.0 Å². The number of nitrogens with zero attached hydrogens (tertiary/aromatic N) is 4. The molecular weight excluding hydrogens is 402 g/mol. The van der Waals surface area contributed by atoms with Gasteiger partial charge in [-0.05, 0) is 36.2 Å². The molecule has 152 valence electrons. The van der Waals surface area contributed by atoms with E-state index >= 15 is 0 Å². The second-order valence-electron chi connectivity index (χ2n) is 6.75. The fraction of sp³-hybridized carbons (Fsp3) is 0.333. The standard InChI is InChI=1S/C18H18ClN5O5/c1-9(10-4-5-11-12(6-10)29-8-28-11)20-13(25)7-24-14-15(21-17(24)19)22(2)18(27)23(3)16(14)26/h4-6,9H,7-8H2,1-3H3,(H,20,25). The number of ether oxygens (including phenoxy) is 2. The fourth-order valence-electron chi connectivity index (χ4n) is 3.26. The van der Waals surface area contributed by atoms with Gasteiger partial charge in [0.15, 0.2) is 22.7 Å². The van der Waals surface area contributed by atoms with Crippen LogP contribution in [0.1, 0.15) is 18.5 Å². The molecule has 0 saturated heterocycles. The van der Waals surface area contributed by atoms with E-state index in [0.29, 0.717) is 11.5 Å². The van der Waals surface area contributed by atoms with Gasteiger partial charge >= 0.3 is 5.69 Å². The number of aryl methyl sites for hydroxylation is 1. The molecule has 1 aliphatic rings. The SMILES string of the molecule is CC(NC(=O)Cn1c(Cl)nc2c1c(=O)n(C)c(=O)n2C)c1ccc2c(c1)OCO2. The number of fused-ring (bicyclic) bond motifs is 2. The van der Waals surface area contributed by atoms with Gasteiger partial charge in [-0.1, -0.05) is 6.07 Å². The van der Waals surface area contributed by atoms with Crippen molar-refractivity contribution in [3.63, 3.8) is 0 Å². The summed E-state index contributed by atoms with van der Waals surface area (Å²) in [7, 11) is 2.84. The summed E-state index contributed by atoms with van der Waals surface area (Å²) >= 11 is 6.16. The number of nitrogens with one attached hydrogen (secondary N) is 1. The molecule has 0 fully saturated rings. The van der Waals surface area contributed by atoms with E-state index in [0.717, 1.165) is 10.1 Å². The average molecular weight is 420 g/mol. The van der Waals surface area contributed by atoms with Gasteiger partial charge in [-0.3, -0.25) is 23.3 Å². The summed E-state index contributed by atoms with van der Waals surface area (Å²) in [5, 5.41) is 2.81. The van der Waals surface area contributed by atoms with Crippen molar-refractivity contribution in [3.8, 4) is 11.5 Å². The number of hydrogen-bond acceptors (Lipinski definition) is 6. The number of rotatable bonds is 4. The van der Waals surface area contributed by atoms with Gasteiger partial charge in [0.2, 0.25) is 18.0 Å². The smallest absolute Gasteiger partial charge is 0.332 e. The van der Waals surface area contributed by atoms with Crippen molar-refractivity contribution in [3.05, 3.63) is 49.9 Å². The monoisotopic (exact) mass is 419 g/mol. The Morgan fingerprint density at radius 1 is 1.24 bits per heavy atom. The molecular formula is C18H18ClN5O5. The van der Waals surface area contributed by atoms with E-state index in [4.69, 9.17) is 21.1 Å². The van der Waals surface area contributed by atoms with Crippen LogP contribution < -0.4 is 26.0 Å². The van der Waals surface area contributed by atoms with E-state index in [2.05, 4.69) is 10.3 Å². The molecule has 2 aromatic heterocycles. The molecule has 0 aliphatic carbocycles. The Bertz CT molecular complexity index is 1260. The van der Waals surface area contributed by atoms with Crippen LogP contribution in [0.15, 0.2) is 27.8 Å². The molecule has 1 atom stereocenters. The summed E-state index contributed by atoms with van der Waals surface area (Å²) in [5.74, 6) is 0.911. The van der Waals surface area contributed by atoms with Crippen LogP contribution >= 0.6 is 11.6 Å². The molecule has 0 bridgehead atoms. The van der Waals surface area contributed by atoms with Crippen LogP contribution in [0.2, 0.25) is 5.28 Å². The van der Waals surface area contributed by atoms with Crippen LogP contribution in [-0.2, 0) is 25.4 Å². The molecule has 0 spiro atoms. The van der Waals surface area contributed by atoms with Gasteiger partial charge in [0.1, 0.15) is 6.54 Å². The lowest BCUT2D eigenvalue weighted by Crippen LogP contribution is -2.38. The number of hydrogen-bond donors (Lipinski definition) is 1. The minimum absolute atomic E-state index is 0.0517. The molecule has 3 heterocycles. The zero-order valence-corrected chi connectivity index (χ0v) is 16.7. The van der Waals surface area contributed by atoms with E-state index in [9.17, 15) is 14.4 Å². The van der Waals surface area contributed by atoms with E-state index in [1.165, 1.54) is 23.2 Å². The highest BCUT2D eigenvalue weighted by atomic mass is 35.5. The maximum atomic E-state index is 12.6. The summed E-state index contributed by atoms with van der Waals surface area (Å²) in [6.07, 6.45) is 0. The van der Waals surface area contributed by atoms with Crippen LogP contribution in [0.5, 0.6) is 11.5 Å². The van der Waals surface area contributed by atoms with Gasteiger partial charge in [-0.15, -0.1) is 0 Å². The lowest BCUT2D eigenvalue weighted by Gasteiger charge is -2.15. The van der Waals surface area contributed by atoms with Gasteiger partial charge in [-0.2, -0.15) is 4.98 Å². The molecule has 1 aliphatic heterocycles. The Kier molecular flexibility index (Phi) is 4.58. The fourth-order valence-corrected chi connectivity index (χ4v) is 3.49.